The van der Waals surface area contributed by atoms with Gasteiger partial charge in [-0.15, -0.1) is 0 Å². The van der Waals surface area contributed by atoms with Crippen molar-refractivity contribution in [2.75, 3.05) is 5.32 Å². The third kappa shape index (κ3) is 4.07. The Morgan fingerprint density at radius 2 is 2.14 bits per heavy atom. The number of rotatable bonds is 6. The highest BCUT2D eigenvalue weighted by Crippen LogP contribution is 2.40. The molecular formula is C18H28N3O. The number of hydrogen-bond acceptors (Lipinski definition) is 4. The van der Waals surface area contributed by atoms with Crippen molar-refractivity contribution in [3.8, 4) is 0 Å². The molecule has 22 heavy (non-hydrogen) atoms. The molecule has 0 aliphatic heterocycles. The second-order valence-corrected chi connectivity index (χ2v) is 6.67. The van der Waals surface area contributed by atoms with Crippen molar-refractivity contribution < 1.29 is 5.11 Å². The molecule has 0 saturated heterocycles. The fourth-order valence-electron chi connectivity index (χ4n) is 3.17. The molecule has 0 aromatic carbocycles. The van der Waals surface area contributed by atoms with Gasteiger partial charge in [-0.05, 0) is 64.4 Å². The first-order valence-electron chi connectivity index (χ1n) is 8.25. The van der Waals surface area contributed by atoms with Crippen LogP contribution in [0.3, 0.4) is 0 Å². The average molecular weight is 302 g/mol. The smallest absolute Gasteiger partial charge is 0.126 e. The molecule has 1 aliphatic rings. The Kier molecular flexibility index (Phi) is 5.57. The predicted molar refractivity (Wildman–Crippen MR) is 91.2 cm³/mol. The molecule has 1 radical (unpaired) electrons. The highest BCUT2D eigenvalue weighted by Gasteiger charge is 2.36. The number of aliphatic hydroxyl groups is 1. The fourth-order valence-corrected chi connectivity index (χ4v) is 3.17. The third-order valence-corrected chi connectivity index (χ3v) is 4.47. The maximum Gasteiger partial charge on any atom is 0.126 e. The van der Waals surface area contributed by atoms with Crippen molar-refractivity contribution in [3.63, 3.8) is 0 Å². The summed E-state index contributed by atoms with van der Waals surface area (Å²) in [6, 6.07) is 4.26. The Hall–Kier alpha value is -1.42. The van der Waals surface area contributed by atoms with Crippen LogP contribution in [0.5, 0.6) is 0 Å². The first-order chi connectivity index (χ1) is 10.4. The predicted octanol–water partition coefficient (Wildman–Crippen LogP) is 3.91. The zero-order chi connectivity index (χ0) is 16.2. The number of nitrogens with zero attached hydrogens (tertiary/aromatic N) is 1. The molecule has 4 heteroatoms. The van der Waals surface area contributed by atoms with E-state index in [9.17, 15) is 5.11 Å². The van der Waals surface area contributed by atoms with Crippen molar-refractivity contribution in [1.82, 2.24) is 4.98 Å². The molecule has 0 atom stereocenters. The zero-order valence-corrected chi connectivity index (χ0v) is 13.9. The summed E-state index contributed by atoms with van der Waals surface area (Å²) < 4.78 is 0. The number of aromatic nitrogens is 1. The largest absolute Gasteiger partial charge is 0.385 e. The lowest BCUT2D eigenvalue weighted by molar-refractivity contribution is -0.00739. The van der Waals surface area contributed by atoms with E-state index in [4.69, 9.17) is 5.41 Å². The molecule has 0 unspecified atom stereocenters. The van der Waals surface area contributed by atoms with Crippen LogP contribution >= 0.6 is 0 Å². The molecular weight excluding hydrogens is 274 g/mol. The summed E-state index contributed by atoms with van der Waals surface area (Å²) in [6.45, 7) is 6.15. The molecule has 2 rings (SSSR count). The summed E-state index contributed by atoms with van der Waals surface area (Å²) in [7, 11) is 0. The molecule has 1 heterocycles. The topological polar surface area (TPSA) is 69.0 Å². The SMILES string of the molecule is C[CH]CC(=N)C1CCC(O)(c2ccc(NC(C)C)nc2)CC1. The van der Waals surface area contributed by atoms with E-state index in [-0.39, 0.29) is 0 Å². The number of anilines is 1. The third-order valence-electron chi connectivity index (χ3n) is 4.47. The Balaban J connectivity index is 1.99. The molecule has 121 valence electrons. The molecule has 1 aromatic heterocycles. The molecule has 1 fully saturated rings. The summed E-state index contributed by atoms with van der Waals surface area (Å²) in [5, 5.41) is 22.2. The van der Waals surface area contributed by atoms with Gasteiger partial charge in [0.25, 0.3) is 0 Å². The summed E-state index contributed by atoms with van der Waals surface area (Å²) in [4.78, 5) is 4.40. The van der Waals surface area contributed by atoms with Crippen molar-refractivity contribution in [2.24, 2.45) is 5.92 Å². The van der Waals surface area contributed by atoms with Gasteiger partial charge in [-0.1, -0.05) is 13.0 Å². The second kappa shape index (κ2) is 7.23. The summed E-state index contributed by atoms with van der Waals surface area (Å²) >= 11 is 0. The number of nitrogens with one attached hydrogen (secondary N) is 2. The van der Waals surface area contributed by atoms with E-state index in [1.807, 2.05) is 25.5 Å². The Morgan fingerprint density at radius 3 is 2.64 bits per heavy atom. The van der Waals surface area contributed by atoms with Crippen LogP contribution in [-0.4, -0.2) is 21.8 Å². The van der Waals surface area contributed by atoms with E-state index in [2.05, 4.69) is 24.1 Å². The quantitative estimate of drug-likeness (QED) is 0.698. The second-order valence-electron chi connectivity index (χ2n) is 6.67. The highest BCUT2D eigenvalue weighted by molar-refractivity contribution is 5.84. The first-order valence-corrected chi connectivity index (χ1v) is 8.25. The van der Waals surface area contributed by atoms with Gasteiger partial charge < -0.3 is 15.8 Å². The summed E-state index contributed by atoms with van der Waals surface area (Å²) in [5.74, 6) is 1.17. The van der Waals surface area contributed by atoms with Gasteiger partial charge in [0.15, 0.2) is 0 Å². The molecule has 3 N–H and O–H groups in total. The average Bonchev–Trinajstić information content (AvgIpc) is 2.48. The van der Waals surface area contributed by atoms with Crippen LogP contribution in [0.1, 0.15) is 58.4 Å². The first kappa shape index (κ1) is 16.9. The zero-order valence-electron chi connectivity index (χ0n) is 13.9. The van der Waals surface area contributed by atoms with Crippen LogP contribution < -0.4 is 5.32 Å². The lowest BCUT2D eigenvalue weighted by Gasteiger charge is -2.36. The van der Waals surface area contributed by atoms with Crippen molar-refractivity contribution in [3.05, 3.63) is 30.3 Å². The van der Waals surface area contributed by atoms with Gasteiger partial charge in [0, 0.05) is 23.5 Å². The molecule has 1 aliphatic carbocycles. The molecule has 0 amide bonds. The molecule has 0 bridgehead atoms. The van der Waals surface area contributed by atoms with Gasteiger partial charge in [-0.3, -0.25) is 0 Å². The minimum atomic E-state index is -0.782. The van der Waals surface area contributed by atoms with Crippen LogP contribution in [-0.2, 0) is 5.60 Å². The van der Waals surface area contributed by atoms with Crippen LogP contribution in [0.25, 0.3) is 0 Å². The maximum absolute atomic E-state index is 10.9. The van der Waals surface area contributed by atoms with Gasteiger partial charge in [-0.25, -0.2) is 4.98 Å². The van der Waals surface area contributed by atoms with Crippen molar-refractivity contribution in [1.29, 1.82) is 5.41 Å². The van der Waals surface area contributed by atoms with E-state index in [1.165, 1.54) is 0 Å². The van der Waals surface area contributed by atoms with E-state index in [0.29, 0.717) is 24.8 Å². The highest BCUT2D eigenvalue weighted by atomic mass is 16.3. The van der Waals surface area contributed by atoms with Crippen LogP contribution in [0, 0.1) is 17.7 Å². The van der Waals surface area contributed by atoms with Crippen molar-refractivity contribution in [2.45, 2.75) is 64.5 Å². The Labute approximate surface area is 133 Å². The number of pyridine rings is 1. The minimum Gasteiger partial charge on any atom is -0.385 e. The van der Waals surface area contributed by atoms with E-state index >= 15 is 0 Å². The van der Waals surface area contributed by atoms with Crippen LogP contribution in [0.2, 0.25) is 0 Å². The summed E-state index contributed by atoms with van der Waals surface area (Å²) in [5.41, 5.74) is 0.920. The Morgan fingerprint density at radius 1 is 1.45 bits per heavy atom. The van der Waals surface area contributed by atoms with E-state index in [1.54, 1.807) is 6.20 Å². The molecule has 1 aromatic rings. The van der Waals surface area contributed by atoms with Crippen molar-refractivity contribution >= 4 is 11.5 Å². The lowest BCUT2D eigenvalue weighted by atomic mass is 9.73. The number of hydrogen-bond donors (Lipinski definition) is 3. The lowest BCUT2D eigenvalue weighted by Crippen LogP contribution is -2.33. The molecule has 0 spiro atoms. The minimum absolute atomic E-state index is 0.325. The van der Waals surface area contributed by atoms with Crippen LogP contribution in [0.4, 0.5) is 5.82 Å². The molecule has 1 saturated carbocycles. The van der Waals surface area contributed by atoms with Gasteiger partial charge in [0.05, 0.1) is 5.60 Å². The maximum atomic E-state index is 10.9. The van der Waals surface area contributed by atoms with Gasteiger partial charge in [0.2, 0.25) is 0 Å². The van der Waals surface area contributed by atoms with Gasteiger partial charge in [-0.2, -0.15) is 0 Å². The monoisotopic (exact) mass is 302 g/mol. The van der Waals surface area contributed by atoms with Gasteiger partial charge in [0.1, 0.15) is 5.82 Å². The summed E-state index contributed by atoms with van der Waals surface area (Å²) in [6.07, 6.45) is 7.78. The standard InChI is InChI=1S/C18H28N3O/c1-4-5-16(19)14-8-10-18(22,11-9-14)15-6-7-17(20-12-15)21-13(2)3/h4,6-7,12-14,19,22H,5,8-11H2,1-3H3,(H,20,21). The fraction of sp³-hybridized carbons (Fsp3) is 0.611. The normalized spacial score (nSPS) is 25.2. The Bertz CT molecular complexity index is 488. The van der Waals surface area contributed by atoms with E-state index < -0.39 is 5.60 Å². The van der Waals surface area contributed by atoms with E-state index in [0.717, 1.165) is 36.4 Å². The van der Waals surface area contributed by atoms with Crippen LogP contribution in [0.15, 0.2) is 18.3 Å². The van der Waals surface area contributed by atoms with Gasteiger partial charge >= 0.3 is 0 Å². The molecule has 4 nitrogen and oxygen atoms in total.